The zero-order valence-electron chi connectivity index (χ0n) is 14.7. The predicted molar refractivity (Wildman–Crippen MR) is 98.4 cm³/mol. The summed E-state index contributed by atoms with van der Waals surface area (Å²) < 4.78 is 10.9. The van der Waals surface area contributed by atoms with Crippen molar-refractivity contribution >= 4 is 28.4 Å². The third-order valence-electron chi connectivity index (χ3n) is 4.92. The molecule has 1 fully saturated rings. The van der Waals surface area contributed by atoms with Crippen LogP contribution in [-0.2, 0) is 11.2 Å². The van der Waals surface area contributed by atoms with Crippen molar-refractivity contribution in [3.8, 4) is 0 Å². The van der Waals surface area contributed by atoms with Crippen molar-refractivity contribution in [3.05, 3.63) is 52.5 Å². The Hall–Kier alpha value is -2.31. The first-order valence-corrected chi connectivity index (χ1v) is 8.94. The summed E-state index contributed by atoms with van der Waals surface area (Å²) in [6, 6.07) is 9.31. The smallest absolute Gasteiger partial charge is 0.270 e. The van der Waals surface area contributed by atoms with E-state index >= 15 is 0 Å². The fraction of sp³-hybridized carbons (Fsp3) is 0.368. The molecular formula is C19H20ClN3O3. The molecule has 1 saturated heterocycles. The fourth-order valence-corrected chi connectivity index (χ4v) is 3.81. The van der Waals surface area contributed by atoms with Gasteiger partial charge in [0.1, 0.15) is 11.5 Å². The number of hydrogen-bond acceptors (Lipinski definition) is 4. The van der Waals surface area contributed by atoms with E-state index in [0.29, 0.717) is 30.2 Å². The molecular weight excluding hydrogens is 354 g/mol. The van der Waals surface area contributed by atoms with Crippen LogP contribution in [0.4, 0.5) is 0 Å². The first-order valence-electron chi connectivity index (χ1n) is 8.56. The quantitative estimate of drug-likeness (QED) is 0.760. The summed E-state index contributed by atoms with van der Waals surface area (Å²) in [6.07, 6.45) is 0.675. The average molecular weight is 374 g/mol. The lowest BCUT2D eigenvalue weighted by molar-refractivity contribution is 0.0669. The Balaban J connectivity index is 1.52. The normalized spacial score (nSPS) is 20.2. The Labute approximate surface area is 156 Å². The van der Waals surface area contributed by atoms with Crippen LogP contribution in [0.15, 0.2) is 34.9 Å². The second-order valence-electron chi connectivity index (χ2n) is 6.80. The maximum Gasteiger partial charge on any atom is 0.270 e. The number of carbonyl (C=O) groups excluding carboxylic acids is 1. The summed E-state index contributed by atoms with van der Waals surface area (Å²) >= 11 is 6.03. The molecule has 1 aromatic carbocycles. The molecule has 0 spiro atoms. The number of nitrogens with zero attached hydrogens (tertiary/aromatic N) is 2. The van der Waals surface area contributed by atoms with Gasteiger partial charge in [-0.3, -0.25) is 4.79 Å². The molecule has 26 heavy (non-hydrogen) atoms. The highest BCUT2D eigenvalue weighted by Gasteiger charge is 2.36. The molecule has 0 aliphatic carbocycles. The number of aromatic amines is 1. The van der Waals surface area contributed by atoms with E-state index in [0.717, 1.165) is 22.4 Å². The van der Waals surface area contributed by atoms with Crippen molar-refractivity contribution in [2.45, 2.75) is 19.4 Å². The van der Waals surface area contributed by atoms with Gasteiger partial charge in [-0.05, 0) is 31.2 Å². The summed E-state index contributed by atoms with van der Waals surface area (Å²) in [7, 11) is 1.68. The van der Waals surface area contributed by atoms with Crippen LogP contribution in [0.2, 0.25) is 5.02 Å². The number of aromatic nitrogens is 2. The number of H-pyrrole nitrogens is 1. The molecule has 0 radical (unpaired) electrons. The molecule has 1 amide bonds. The van der Waals surface area contributed by atoms with Gasteiger partial charge in [0, 0.05) is 54.5 Å². The predicted octanol–water partition coefficient (Wildman–Crippen LogP) is 3.45. The van der Waals surface area contributed by atoms with E-state index in [2.05, 4.69) is 10.1 Å². The van der Waals surface area contributed by atoms with Crippen LogP contribution in [0.3, 0.4) is 0 Å². The third-order valence-corrected chi connectivity index (χ3v) is 5.16. The molecule has 2 aromatic heterocycles. The van der Waals surface area contributed by atoms with Crippen LogP contribution in [0.1, 0.15) is 21.9 Å². The van der Waals surface area contributed by atoms with Crippen molar-refractivity contribution in [2.75, 3.05) is 20.2 Å². The van der Waals surface area contributed by atoms with Crippen molar-refractivity contribution in [1.82, 2.24) is 15.0 Å². The van der Waals surface area contributed by atoms with Crippen molar-refractivity contribution in [3.63, 3.8) is 0 Å². The molecule has 0 saturated carbocycles. The number of aryl methyl sites for hydroxylation is 1. The van der Waals surface area contributed by atoms with Gasteiger partial charge in [-0.25, -0.2) is 0 Å². The van der Waals surface area contributed by atoms with E-state index in [1.807, 2.05) is 36.1 Å². The van der Waals surface area contributed by atoms with E-state index in [1.165, 1.54) is 0 Å². The van der Waals surface area contributed by atoms with Gasteiger partial charge in [0.2, 0.25) is 0 Å². The van der Waals surface area contributed by atoms with Gasteiger partial charge in [0.05, 0.1) is 11.8 Å². The molecule has 2 atom stereocenters. The standard InChI is InChI=1S/C19H20ClN3O3/c1-11-5-15(26-22-11)7-13-9-23(10-18(13)25-2)19(24)17-8-12-6-14(20)3-4-16(12)21-17/h3-6,8,13,18,21H,7,9-10H2,1-2H3/t13-,18+/m1/s1. The minimum atomic E-state index is -0.0318. The SMILES string of the molecule is CO[C@H]1CN(C(=O)c2cc3cc(Cl)ccc3[nH]2)C[C@H]1Cc1cc(C)no1. The Kier molecular flexibility index (Phi) is 4.46. The highest BCUT2D eigenvalue weighted by atomic mass is 35.5. The van der Waals surface area contributed by atoms with Crippen LogP contribution < -0.4 is 0 Å². The summed E-state index contributed by atoms with van der Waals surface area (Å²) in [6.45, 7) is 3.07. The molecule has 136 valence electrons. The van der Waals surface area contributed by atoms with E-state index < -0.39 is 0 Å². The lowest BCUT2D eigenvalue weighted by Gasteiger charge is -2.14. The summed E-state index contributed by atoms with van der Waals surface area (Å²) in [5, 5.41) is 5.51. The average Bonchev–Trinajstić information content (AvgIpc) is 3.32. The molecule has 3 heterocycles. The van der Waals surface area contributed by atoms with Crippen LogP contribution >= 0.6 is 11.6 Å². The number of rotatable bonds is 4. The summed E-state index contributed by atoms with van der Waals surface area (Å²) in [5.74, 6) is 0.967. The molecule has 0 bridgehead atoms. The van der Waals surface area contributed by atoms with E-state index in [9.17, 15) is 4.79 Å². The molecule has 1 N–H and O–H groups in total. The molecule has 1 aliphatic rings. The van der Waals surface area contributed by atoms with E-state index in [-0.39, 0.29) is 17.9 Å². The summed E-state index contributed by atoms with van der Waals surface area (Å²) in [4.78, 5) is 17.9. The molecule has 0 unspecified atom stereocenters. The summed E-state index contributed by atoms with van der Waals surface area (Å²) in [5.41, 5.74) is 2.32. The zero-order chi connectivity index (χ0) is 18.3. The van der Waals surface area contributed by atoms with Gasteiger partial charge >= 0.3 is 0 Å². The first kappa shape index (κ1) is 17.1. The van der Waals surface area contributed by atoms with Gasteiger partial charge in [0.15, 0.2) is 0 Å². The molecule has 4 rings (SSSR count). The zero-order valence-corrected chi connectivity index (χ0v) is 15.4. The number of likely N-dealkylation sites (tertiary alicyclic amines) is 1. The number of halogens is 1. The first-order chi connectivity index (χ1) is 12.5. The Morgan fingerprint density at radius 3 is 2.96 bits per heavy atom. The minimum Gasteiger partial charge on any atom is -0.379 e. The molecule has 6 nitrogen and oxygen atoms in total. The second kappa shape index (κ2) is 6.78. The maximum atomic E-state index is 12.9. The number of carbonyl (C=O) groups is 1. The van der Waals surface area contributed by atoms with Crippen molar-refractivity contribution in [2.24, 2.45) is 5.92 Å². The van der Waals surface area contributed by atoms with E-state index in [1.54, 1.807) is 13.2 Å². The van der Waals surface area contributed by atoms with Gasteiger partial charge < -0.3 is 19.1 Å². The number of nitrogens with one attached hydrogen (secondary N) is 1. The Bertz CT molecular complexity index is 949. The maximum absolute atomic E-state index is 12.9. The molecule has 1 aliphatic heterocycles. The fourth-order valence-electron chi connectivity index (χ4n) is 3.63. The van der Waals surface area contributed by atoms with Gasteiger partial charge in [0.25, 0.3) is 5.91 Å². The molecule has 7 heteroatoms. The van der Waals surface area contributed by atoms with Gasteiger partial charge in [-0.1, -0.05) is 16.8 Å². The van der Waals surface area contributed by atoms with Crippen LogP contribution in [0.25, 0.3) is 10.9 Å². The highest BCUT2D eigenvalue weighted by Crippen LogP contribution is 2.27. The number of benzene rings is 1. The topological polar surface area (TPSA) is 71.4 Å². The van der Waals surface area contributed by atoms with Crippen LogP contribution in [0, 0.1) is 12.8 Å². The monoisotopic (exact) mass is 373 g/mol. The second-order valence-corrected chi connectivity index (χ2v) is 7.23. The lowest BCUT2D eigenvalue weighted by atomic mass is 10.0. The third kappa shape index (κ3) is 3.22. The van der Waals surface area contributed by atoms with Crippen molar-refractivity contribution < 1.29 is 14.1 Å². The number of methoxy groups -OCH3 is 1. The number of fused-ring (bicyclic) bond motifs is 1. The Morgan fingerprint density at radius 2 is 2.23 bits per heavy atom. The van der Waals surface area contributed by atoms with Gasteiger partial charge in [-0.15, -0.1) is 0 Å². The molecule has 3 aromatic rings. The van der Waals surface area contributed by atoms with Crippen LogP contribution in [-0.4, -0.2) is 47.3 Å². The largest absolute Gasteiger partial charge is 0.379 e. The lowest BCUT2D eigenvalue weighted by Crippen LogP contribution is -2.30. The number of hydrogen-bond donors (Lipinski definition) is 1. The number of ether oxygens (including phenoxy) is 1. The van der Waals surface area contributed by atoms with E-state index in [4.69, 9.17) is 20.9 Å². The van der Waals surface area contributed by atoms with Gasteiger partial charge in [-0.2, -0.15) is 0 Å². The number of amides is 1. The highest BCUT2D eigenvalue weighted by molar-refractivity contribution is 6.31. The Morgan fingerprint density at radius 1 is 1.38 bits per heavy atom. The van der Waals surface area contributed by atoms with Crippen LogP contribution in [0.5, 0.6) is 0 Å². The van der Waals surface area contributed by atoms with Crippen molar-refractivity contribution in [1.29, 1.82) is 0 Å². The minimum absolute atomic E-state index is 0.0248.